The minimum atomic E-state index is 0.853. The van der Waals surface area contributed by atoms with Crippen LogP contribution in [0.2, 0.25) is 0 Å². The maximum atomic E-state index is 5.33. The van der Waals surface area contributed by atoms with Crippen LogP contribution >= 0.6 is 0 Å². The van der Waals surface area contributed by atoms with Gasteiger partial charge in [-0.25, -0.2) is 0 Å². The van der Waals surface area contributed by atoms with E-state index in [1.165, 1.54) is 38.8 Å². The zero-order valence-electron chi connectivity index (χ0n) is 9.09. The Labute approximate surface area is 82.3 Å². The number of nitrogens with zero attached hydrogens (tertiary/aromatic N) is 1. The van der Waals surface area contributed by atoms with E-state index in [1.807, 2.05) is 13.8 Å². The third-order valence-electron chi connectivity index (χ3n) is 2.85. The monoisotopic (exact) mass is 185 g/mol. The van der Waals surface area contributed by atoms with Crippen LogP contribution in [0.1, 0.15) is 39.5 Å². The molecule has 0 aliphatic carbocycles. The van der Waals surface area contributed by atoms with Gasteiger partial charge in [0.1, 0.15) is 0 Å². The van der Waals surface area contributed by atoms with E-state index >= 15 is 0 Å². The molecule has 78 valence electrons. The van der Waals surface area contributed by atoms with Crippen LogP contribution in [0.4, 0.5) is 0 Å². The molecule has 0 amide bonds. The first-order valence-corrected chi connectivity index (χ1v) is 5.78. The molecule has 2 rings (SSSR count). The summed E-state index contributed by atoms with van der Waals surface area (Å²) in [7, 11) is 0. The first kappa shape index (κ1) is 11.0. The minimum absolute atomic E-state index is 0.853. The molecule has 0 saturated carbocycles. The smallest absolute Gasteiger partial charge is 0.0480 e. The van der Waals surface area contributed by atoms with Crippen LogP contribution in [0.15, 0.2) is 0 Å². The average molecular weight is 185 g/mol. The Balaban J connectivity index is 0.000000396. The van der Waals surface area contributed by atoms with E-state index in [0.717, 1.165) is 19.3 Å². The van der Waals surface area contributed by atoms with Crippen molar-refractivity contribution in [3.63, 3.8) is 0 Å². The topological polar surface area (TPSA) is 12.5 Å². The van der Waals surface area contributed by atoms with Gasteiger partial charge in [0, 0.05) is 19.3 Å². The van der Waals surface area contributed by atoms with E-state index in [-0.39, 0.29) is 0 Å². The van der Waals surface area contributed by atoms with Crippen LogP contribution in [-0.2, 0) is 4.74 Å². The van der Waals surface area contributed by atoms with Crippen molar-refractivity contribution >= 4 is 0 Å². The van der Waals surface area contributed by atoms with Gasteiger partial charge in [0.15, 0.2) is 0 Å². The molecule has 0 unspecified atom stereocenters. The first-order valence-electron chi connectivity index (χ1n) is 5.78. The normalized spacial score (nSPS) is 25.4. The molecule has 2 fully saturated rings. The third-order valence-corrected chi connectivity index (χ3v) is 2.85. The zero-order chi connectivity index (χ0) is 9.52. The zero-order valence-corrected chi connectivity index (χ0v) is 9.09. The Hall–Kier alpha value is -0.0800. The second kappa shape index (κ2) is 6.39. The Morgan fingerprint density at radius 1 is 1.00 bits per heavy atom. The molecule has 0 aromatic rings. The van der Waals surface area contributed by atoms with Crippen molar-refractivity contribution in [2.75, 3.05) is 26.3 Å². The van der Waals surface area contributed by atoms with Gasteiger partial charge in [0.05, 0.1) is 0 Å². The lowest BCUT2D eigenvalue weighted by Crippen LogP contribution is -2.37. The highest BCUT2D eigenvalue weighted by Crippen LogP contribution is 2.19. The Bertz CT molecular complexity index is 115. The molecule has 2 aliphatic rings. The molecule has 0 aromatic carbocycles. The minimum Gasteiger partial charge on any atom is -0.381 e. The van der Waals surface area contributed by atoms with Gasteiger partial charge in [0.2, 0.25) is 0 Å². The molecule has 0 radical (unpaired) electrons. The van der Waals surface area contributed by atoms with E-state index < -0.39 is 0 Å². The summed E-state index contributed by atoms with van der Waals surface area (Å²) in [6, 6.07) is 0.853. The van der Waals surface area contributed by atoms with Crippen molar-refractivity contribution in [3.8, 4) is 0 Å². The summed E-state index contributed by atoms with van der Waals surface area (Å²) in [4.78, 5) is 2.64. The van der Waals surface area contributed by atoms with Gasteiger partial charge in [-0.3, -0.25) is 0 Å². The van der Waals surface area contributed by atoms with Crippen molar-refractivity contribution in [3.05, 3.63) is 0 Å². The largest absolute Gasteiger partial charge is 0.381 e. The molecule has 2 saturated heterocycles. The summed E-state index contributed by atoms with van der Waals surface area (Å²) in [5, 5.41) is 0. The number of ether oxygens (including phenoxy) is 1. The molecule has 0 spiro atoms. The molecule has 2 heterocycles. The van der Waals surface area contributed by atoms with Crippen molar-refractivity contribution in [1.29, 1.82) is 0 Å². The number of rotatable bonds is 1. The van der Waals surface area contributed by atoms with Gasteiger partial charge in [-0.05, 0) is 38.8 Å². The van der Waals surface area contributed by atoms with Crippen molar-refractivity contribution in [1.82, 2.24) is 4.90 Å². The lowest BCUT2D eigenvalue weighted by molar-refractivity contribution is 0.0424. The van der Waals surface area contributed by atoms with Crippen LogP contribution < -0.4 is 0 Å². The lowest BCUT2D eigenvalue weighted by atomic mass is 10.1. The fraction of sp³-hybridized carbons (Fsp3) is 1.00. The van der Waals surface area contributed by atoms with Gasteiger partial charge in [-0.1, -0.05) is 13.8 Å². The quantitative estimate of drug-likeness (QED) is 0.621. The predicted molar refractivity (Wildman–Crippen MR) is 56.0 cm³/mol. The first-order chi connectivity index (χ1) is 6.47. The predicted octanol–water partition coefficient (Wildman–Crippen LogP) is 2.29. The van der Waals surface area contributed by atoms with E-state index in [0.29, 0.717) is 0 Å². The van der Waals surface area contributed by atoms with Gasteiger partial charge in [-0.15, -0.1) is 0 Å². The van der Waals surface area contributed by atoms with Gasteiger partial charge in [0.25, 0.3) is 0 Å². The summed E-state index contributed by atoms with van der Waals surface area (Å²) in [6.07, 6.45) is 5.36. The Morgan fingerprint density at radius 3 is 2.08 bits per heavy atom. The SMILES string of the molecule is C1CCN(C2CCOCC2)C1.CC. The van der Waals surface area contributed by atoms with Crippen LogP contribution in [0.3, 0.4) is 0 Å². The van der Waals surface area contributed by atoms with E-state index in [4.69, 9.17) is 4.74 Å². The maximum absolute atomic E-state index is 5.33. The molecule has 2 aliphatic heterocycles. The van der Waals surface area contributed by atoms with E-state index in [2.05, 4.69) is 4.90 Å². The molecule has 0 bridgehead atoms. The molecular formula is C11H23NO. The molecule has 0 N–H and O–H groups in total. The van der Waals surface area contributed by atoms with Crippen molar-refractivity contribution in [2.45, 2.75) is 45.6 Å². The summed E-state index contributed by atoms with van der Waals surface area (Å²) < 4.78 is 5.33. The summed E-state index contributed by atoms with van der Waals surface area (Å²) in [6.45, 7) is 8.65. The molecule has 0 atom stereocenters. The van der Waals surface area contributed by atoms with Crippen molar-refractivity contribution < 1.29 is 4.74 Å². The molecule has 0 aromatic heterocycles. The third kappa shape index (κ3) is 3.28. The van der Waals surface area contributed by atoms with Crippen molar-refractivity contribution in [2.24, 2.45) is 0 Å². The second-order valence-electron chi connectivity index (χ2n) is 3.59. The number of hydrogen-bond acceptors (Lipinski definition) is 2. The van der Waals surface area contributed by atoms with E-state index in [1.54, 1.807) is 0 Å². The molecular weight excluding hydrogens is 162 g/mol. The Morgan fingerprint density at radius 2 is 1.54 bits per heavy atom. The van der Waals surface area contributed by atoms with Crippen LogP contribution in [0, 0.1) is 0 Å². The summed E-state index contributed by atoms with van der Waals surface area (Å²) in [5.41, 5.74) is 0. The highest BCUT2D eigenvalue weighted by atomic mass is 16.5. The summed E-state index contributed by atoms with van der Waals surface area (Å²) in [5.74, 6) is 0. The number of hydrogen-bond donors (Lipinski definition) is 0. The molecule has 13 heavy (non-hydrogen) atoms. The fourth-order valence-electron chi connectivity index (χ4n) is 2.16. The highest BCUT2D eigenvalue weighted by Gasteiger charge is 2.23. The highest BCUT2D eigenvalue weighted by molar-refractivity contribution is 4.77. The molecule has 2 nitrogen and oxygen atoms in total. The standard InChI is InChI=1S/C9H17NO.C2H6/c1-2-6-10(5-1)9-3-7-11-8-4-9;1-2/h9H,1-8H2;1-2H3. The molecule has 2 heteroatoms. The second-order valence-corrected chi connectivity index (χ2v) is 3.59. The average Bonchev–Trinajstić information content (AvgIpc) is 2.75. The fourth-order valence-corrected chi connectivity index (χ4v) is 2.16. The van der Waals surface area contributed by atoms with Crippen LogP contribution in [0.5, 0.6) is 0 Å². The lowest BCUT2D eigenvalue weighted by Gasteiger charge is -2.30. The van der Waals surface area contributed by atoms with Crippen LogP contribution in [0.25, 0.3) is 0 Å². The van der Waals surface area contributed by atoms with Gasteiger partial charge >= 0.3 is 0 Å². The van der Waals surface area contributed by atoms with E-state index in [9.17, 15) is 0 Å². The van der Waals surface area contributed by atoms with Gasteiger partial charge in [-0.2, -0.15) is 0 Å². The maximum Gasteiger partial charge on any atom is 0.0480 e. The summed E-state index contributed by atoms with van der Waals surface area (Å²) >= 11 is 0. The number of likely N-dealkylation sites (tertiary alicyclic amines) is 1. The van der Waals surface area contributed by atoms with Gasteiger partial charge < -0.3 is 9.64 Å². The van der Waals surface area contributed by atoms with Crippen LogP contribution in [-0.4, -0.2) is 37.2 Å². The Kier molecular flexibility index (Phi) is 5.40.